The van der Waals surface area contributed by atoms with Gasteiger partial charge in [0.25, 0.3) is 5.91 Å². The maximum absolute atomic E-state index is 13.1. The maximum atomic E-state index is 13.1. The van der Waals surface area contributed by atoms with Crippen molar-refractivity contribution in [1.82, 2.24) is 9.62 Å². The molecule has 0 aromatic heterocycles. The Morgan fingerprint density at radius 3 is 2.28 bits per heavy atom. The number of nitrogens with zero attached hydrogens (tertiary/aromatic N) is 1. The summed E-state index contributed by atoms with van der Waals surface area (Å²) in [6.07, 6.45) is 0. The number of morpholine rings is 1. The van der Waals surface area contributed by atoms with E-state index >= 15 is 0 Å². The summed E-state index contributed by atoms with van der Waals surface area (Å²) in [7, 11) is -2.27. The molecule has 8 heteroatoms. The second-order valence-electron chi connectivity index (χ2n) is 8.95. The molecule has 2 aromatic rings. The number of hydrogen-bond donors (Lipinski definition) is 1. The van der Waals surface area contributed by atoms with E-state index in [4.69, 9.17) is 9.47 Å². The lowest BCUT2D eigenvalue weighted by Gasteiger charge is -2.26. The van der Waals surface area contributed by atoms with Crippen LogP contribution in [0.25, 0.3) is 0 Å². The monoisotopic (exact) mass is 460 g/mol. The Morgan fingerprint density at radius 2 is 1.72 bits per heavy atom. The molecule has 7 nitrogen and oxygen atoms in total. The molecule has 1 heterocycles. The fourth-order valence-corrected chi connectivity index (χ4v) is 5.03. The molecule has 3 rings (SSSR count). The molecular formula is C24H32N2O5S. The van der Waals surface area contributed by atoms with Crippen LogP contribution in [0.4, 0.5) is 0 Å². The molecular weight excluding hydrogens is 428 g/mol. The van der Waals surface area contributed by atoms with E-state index in [1.807, 2.05) is 19.1 Å². The van der Waals surface area contributed by atoms with Crippen molar-refractivity contribution in [3.8, 4) is 5.75 Å². The van der Waals surface area contributed by atoms with E-state index in [9.17, 15) is 13.2 Å². The topological polar surface area (TPSA) is 84.9 Å². The summed E-state index contributed by atoms with van der Waals surface area (Å²) in [5.74, 6) is -0.0769. The highest BCUT2D eigenvalue weighted by Gasteiger charge is 2.28. The molecule has 0 bridgehead atoms. The highest BCUT2D eigenvalue weighted by Crippen LogP contribution is 2.27. The largest absolute Gasteiger partial charge is 0.496 e. The van der Waals surface area contributed by atoms with Gasteiger partial charge in [-0.2, -0.15) is 4.31 Å². The van der Waals surface area contributed by atoms with Crippen molar-refractivity contribution in [3.05, 3.63) is 59.2 Å². The molecule has 1 fully saturated rings. The van der Waals surface area contributed by atoms with Crippen molar-refractivity contribution in [1.29, 1.82) is 0 Å². The number of hydrogen-bond acceptors (Lipinski definition) is 5. The molecule has 1 aliphatic rings. The molecule has 0 radical (unpaired) electrons. The van der Waals surface area contributed by atoms with E-state index in [2.05, 4.69) is 38.2 Å². The highest BCUT2D eigenvalue weighted by molar-refractivity contribution is 7.89. The molecule has 174 valence electrons. The maximum Gasteiger partial charge on any atom is 0.255 e. The lowest BCUT2D eigenvalue weighted by molar-refractivity contribution is 0.0730. The minimum Gasteiger partial charge on any atom is -0.496 e. The number of sulfonamides is 1. The predicted molar refractivity (Wildman–Crippen MR) is 124 cm³/mol. The number of carbonyl (C=O) groups is 1. The first-order valence-corrected chi connectivity index (χ1v) is 12.2. The average Bonchev–Trinajstić information content (AvgIpc) is 2.78. The summed E-state index contributed by atoms with van der Waals surface area (Å²) in [6.45, 7) is 9.63. The first-order valence-electron chi connectivity index (χ1n) is 10.7. The molecule has 0 unspecified atom stereocenters. The van der Waals surface area contributed by atoms with Crippen molar-refractivity contribution in [3.63, 3.8) is 0 Å². The van der Waals surface area contributed by atoms with Crippen LogP contribution < -0.4 is 10.1 Å². The highest BCUT2D eigenvalue weighted by atomic mass is 32.2. The summed E-state index contributed by atoms with van der Waals surface area (Å²) >= 11 is 0. The Morgan fingerprint density at radius 1 is 1.09 bits per heavy atom. The van der Waals surface area contributed by atoms with Crippen LogP contribution in [0.1, 0.15) is 55.2 Å². The average molecular weight is 461 g/mol. The van der Waals surface area contributed by atoms with Crippen LogP contribution in [-0.4, -0.2) is 52.0 Å². The number of benzene rings is 2. The zero-order chi connectivity index (χ0) is 23.5. The quantitative estimate of drug-likeness (QED) is 0.713. The van der Waals surface area contributed by atoms with Gasteiger partial charge in [-0.15, -0.1) is 0 Å². The third kappa shape index (κ3) is 5.31. The van der Waals surface area contributed by atoms with Crippen LogP contribution in [0.2, 0.25) is 0 Å². The molecule has 0 aliphatic carbocycles. The van der Waals surface area contributed by atoms with Crippen molar-refractivity contribution in [2.75, 3.05) is 33.4 Å². The van der Waals surface area contributed by atoms with Crippen molar-refractivity contribution in [2.45, 2.75) is 44.0 Å². The Labute approximate surface area is 190 Å². The van der Waals surface area contributed by atoms with Crippen LogP contribution in [0, 0.1) is 0 Å². The minimum atomic E-state index is -3.72. The van der Waals surface area contributed by atoms with E-state index < -0.39 is 15.9 Å². The lowest BCUT2D eigenvalue weighted by Crippen LogP contribution is -2.40. The zero-order valence-corrected chi connectivity index (χ0v) is 20.2. The van der Waals surface area contributed by atoms with E-state index in [-0.39, 0.29) is 35.0 Å². The fourth-order valence-electron chi connectivity index (χ4n) is 3.59. The minimum absolute atomic E-state index is 0.0464. The van der Waals surface area contributed by atoms with Gasteiger partial charge in [-0.3, -0.25) is 4.79 Å². The van der Waals surface area contributed by atoms with Gasteiger partial charge in [-0.1, -0.05) is 45.0 Å². The second kappa shape index (κ2) is 9.60. The smallest absolute Gasteiger partial charge is 0.255 e. The number of rotatable bonds is 6. The Hall–Kier alpha value is -2.42. The Bertz CT molecular complexity index is 1050. The zero-order valence-electron chi connectivity index (χ0n) is 19.3. The van der Waals surface area contributed by atoms with Crippen molar-refractivity contribution in [2.24, 2.45) is 0 Å². The second-order valence-corrected chi connectivity index (χ2v) is 10.9. The van der Waals surface area contributed by atoms with Gasteiger partial charge >= 0.3 is 0 Å². The fraction of sp³-hybridized carbons (Fsp3) is 0.458. The normalized spacial score (nSPS) is 16.4. The number of methoxy groups -OCH3 is 1. The van der Waals surface area contributed by atoms with Gasteiger partial charge in [0.05, 0.1) is 36.8 Å². The van der Waals surface area contributed by atoms with E-state index in [0.717, 1.165) is 5.56 Å². The Balaban J connectivity index is 1.83. The van der Waals surface area contributed by atoms with Crippen LogP contribution in [0.3, 0.4) is 0 Å². The molecule has 1 atom stereocenters. The number of ether oxygens (including phenoxy) is 2. The summed E-state index contributed by atoms with van der Waals surface area (Å²) in [4.78, 5) is 13.1. The van der Waals surface area contributed by atoms with Crippen molar-refractivity contribution < 1.29 is 22.7 Å². The van der Waals surface area contributed by atoms with Gasteiger partial charge in [-0.25, -0.2) is 8.42 Å². The molecule has 0 saturated carbocycles. The van der Waals surface area contributed by atoms with E-state index in [1.54, 1.807) is 0 Å². The van der Waals surface area contributed by atoms with Crippen LogP contribution in [0.15, 0.2) is 47.4 Å². The molecule has 32 heavy (non-hydrogen) atoms. The van der Waals surface area contributed by atoms with Crippen LogP contribution in [0.5, 0.6) is 5.75 Å². The lowest BCUT2D eigenvalue weighted by atomic mass is 9.86. The summed E-state index contributed by atoms with van der Waals surface area (Å²) in [5, 5.41) is 2.96. The number of carbonyl (C=O) groups excluding carboxylic acids is 1. The third-order valence-electron chi connectivity index (χ3n) is 5.65. The molecule has 0 spiro atoms. The first kappa shape index (κ1) is 24.2. The molecule has 1 N–H and O–H groups in total. The third-order valence-corrected chi connectivity index (χ3v) is 7.54. The summed E-state index contributed by atoms with van der Waals surface area (Å²) in [5.41, 5.74) is 2.40. The van der Waals surface area contributed by atoms with Crippen LogP contribution >= 0.6 is 0 Å². The van der Waals surface area contributed by atoms with Crippen molar-refractivity contribution >= 4 is 15.9 Å². The van der Waals surface area contributed by atoms with Gasteiger partial charge in [0, 0.05) is 13.1 Å². The molecule has 1 saturated heterocycles. The summed E-state index contributed by atoms with van der Waals surface area (Å²) < 4.78 is 38.0. The van der Waals surface area contributed by atoms with Gasteiger partial charge < -0.3 is 14.8 Å². The summed E-state index contributed by atoms with van der Waals surface area (Å²) in [6, 6.07) is 12.2. The van der Waals surface area contributed by atoms with E-state index in [1.165, 1.54) is 35.2 Å². The van der Waals surface area contributed by atoms with Gasteiger partial charge in [-0.05, 0) is 41.7 Å². The van der Waals surface area contributed by atoms with Gasteiger partial charge in [0.15, 0.2) is 0 Å². The van der Waals surface area contributed by atoms with Gasteiger partial charge in [0.1, 0.15) is 5.75 Å². The SMILES string of the molecule is COc1ccc(S(=O)(=O)N2CCOCC2)cc1C(=O)N[C@@H](C)c1ccc(C(C)(C)C)cc1. The molecule has 2 aromatic carbocycles. The predicted octanol–water partition coefficient (Wildman–Crippen LogP) is 3.50. The standard InChI is InChI=1S/C24H32N2O5S/c1-17(18-6-8-19(9-7-18)24(2,3)4)25-23(27)21-16-20(10-11-22(21)30-5)32(28,29)26-12-14-31-15-13-26/h6-11,16-17H,12-15H2,1-5H3,(H,25,27)/t17-/m0/s1. The first-order chi connectivity index (χ1) is 15.0. The number of amides is 1. The Kier molecular flexibility index (Phi) is 7.27. The van der Waals surface area contributed by atoms with Crippen LogP contribution in [-0.2, 0) is 20.2 Å². The number of nitrogens with one attached hydrogen (secondary N) is 1. The molecule has 1 amide bonds. The molecule has 1 aliphatic heterocycles. The van der Waals surface area contributed by atoms with E-state index in [0.29, 0.717) is 19.0 Å². The van der Waals surface area contributed by atoms with Gasteiger partial charge in [0.2, 0.25) is 10.0 Å².